The van der Waals surface area contributed by atoms with Gasteiger partial charge in [-0.05, 0) is 25.1 Å². The fraction of sp³-hybridized carbons (Fsp3) is 0.0769. The van der Waals surface area contributed by atoms with Gasteiger partial charge in [0.2, 0.25) is 0 Å². The van der Waals surface area contributed by atoms with Crippen LogP contribution in [0.5, 0.6) is 0 Å². The van der Waals surface area contributed by atoms with Gasteiger partial charge in [0, 0.05) is 29.7 Å². The van der Waals surface area contributed by atoms with Crippen molar-refractivity contribution in [3.8, 4) is 11.4 Å². The molecule has 6 heteroatoms. The largest absolute Gasteiger partial charge is 0.308 e. The third kappa shape index (κ3) is 2.21. The Morgan fingerprint density at radius 3 is 2.58 bits per heavy atom. The first-order valence-electron chi connectivity index (χ1n) is 5.80. The fourth-order valence-corrected chi connectivity index (χ4v) is 1.87. The molecule has 6 nitrogen and oxygen atoms in total. The molecule has 0 aliphatic carbocycles. The molecular weight excluding hydrogens is 240 g/mol. The Kier molecular flexibility index (Phi) is 2.77. The van der Waals surface area contributed by atoms with E-state index in [2.05, 4.69) is 25.4 Å². The number of hydrazine groups is 1. The van der Waals surface area contributed by atoms with Gasteiger partial charge in [-0.1, -0.05) is 0 Å². The van der Waals surface area contributed by atoms with E-state index in [4.69, 9.17) is 5.84 Å². The van der Waals surface area contributed by atoms with Gasteiger partial charge >= 0.3 is 0 Å². The molecule has 3 N–H and O–H groups in total. The molecule has 94 valence electrons. The van der Waals surface area contributed by atoms with Crippen LogP contribution in [0.15, 0.2) is 36.7 Å². The summed E-state index contributed by atoms with van der Waals surface area (Å²) >= 11 is 0. The molecule has 0 aliphatic heterocycles. The van der Waals surface area contributed by atoms with Crippen LogP contribution >= 0.6 is 0 Å². The fourth-order valence-electron chi connectivity index (χ4n) is 1.87. The molecule has 0 aliphatic rings. The lowest BCUT2D eigenvalue weighted by Gasteiger charge is -2.06. The molecule has 3 rings (SSSR count). The zero-order valence-corrected chi connectivity index (χ0v) is 10.3. The Hall–Kier alpha value is -2.60. The number of rotatable bonds is 2. The molecule has 0 saturated carbocycles. The Balaban J connectivity index is 2.15. The monoisotopic (exact) mass is 252 g/mol. The molecule has 0 bridgehead atoms. The lowest BCUT2D eigenvalue weighted by molar-refractivity contribution is 1.09. The number of aryl methyl sites for hydroxylation is 1. The number of benzene rings is 1. The van der Waals surface area contributed by atoms with Gasteiger partial charge in [-0.3, -0.25) is 9.97 Å². The Labute approximate surface area is 109 Å². The number of nitrogens with one attached hydrogen (secondary N) is 1. The average Bonchev–Trinajstić information content (AvgIpc) is 2.46. The third-order valence-electron chi connectivity index (χ3n) is 2.73. The highest BCUT2D eigenvalue weighted by Gasteiger charge is 2.06. The number of anilines is 1. The van der Waals surface area contributed by atoms with Gasteiger partial charge in [0.05, 0.1) is 11.0 Å². The summed E-state index contributed by atoms with van der Waals surface area (Å²) in [4.78, 5) is 17.2. The van der Waals surface area contributed by atoms with E-state index in [0.717, 1.165) is 22.3 Å². The van der Waals surface area contributed by atoms with Gasteiger partial charge < -0.3 is 5.43 Å². The molecule has 0 amide bonds. The van der Waals surface area contributed by atoms with E-state index in [-0.39, 0.29) is 0 Å². The molecule has 19 heavy (non-hydrogen) atoms. The first-order chi connectivity index (χ1) is 9.26. The van der Waals surface area contributed by atoms with Gasteiger partial charge in [-0.2, -0.15) is 0 Å². The molecule has 2 heterocycles. The summed E-state index contributed by atoms with van der Waals surface area (Å²) in [6, 6.07) is 7.52. The van der Waals surface area contributed by atoms with Crippen LogP contribution in [0.4, 0.5) is 5.82 Å². The van der Waals surface area contributed by atoms with Crippen molar-refractivity contribution in [2.45, 2.75) is 6.92 Å². The molecule has 0 saturated heterocycles. The van der Waals surface area contributed by atoms with Crippen LogP contribution in [0.3, 0.4) is 0 Å². The molecule has 1 aromatic carbocycles. The van der Waals surface area contributed by atoms with Gasteiger partial charge in [-0.25, -0.2) is 15.8 Å². The van der Waals surface area contributed by atoms with Crippen molar-refractivity contribution in [1.29, 1.82) is 0 Å². The topological polar surface area (TPSA) is 89.6 Å². The van der Waals surface area contributed by atoms with E-state index in [0.29, 0.717) is 11.6 Å². The molecule has 2 aromatic heterocycles. The highest BCUT2D eigenvalue weighted by molar-refractivity contribution is 5.79. The van der Waals surface area contributed by atoms with Crippen molar-refractivity contribution in [1.82, 2.24) is 19.9 Å². The lowest BCUT2D eigenvalue weighted by atomic mass is 10.2. The van der Waals surface area contributed by atoms with Gasteiger partial charge in [-0.15, -0.1) is 0 Å². The zero-order valence-electron chi connectivity index (χ0n) is 10.3. The third-order valence-corrected chi connectivity index (χ3v) is 2.73. The Morgan fingerprint density at radius 1 is 1.00 bits per heavy atom. The number of aromatic nitrogens is 4. The van der Waals surface area contributed by atoms with Crippen molar-refractivity contribution in [3.05, 3.63) is 42.4 Å². The van der Waals surface area contributed by atoms with Crippen molar-refractivity contribution in [2.24, 2.45) is 5.84 Å². The normalized spacial score (nSPS) is 10.6. The summed E-state index contributed by atoms with van der Waals surface area (Å²) < 4.78 is 0. The van der Waals surface area contributed by atoms with Crippen LogP contribution in [0.1, 0.15) is 5.69 Å². The first-order valence-corrected chi connectivity index (χ1v) is 5.80. The van der Waals surface area contributed by atoms with Crippen LogP contribution in [-0.4, -0.2) is 19.9 Å². The van der Waals surface area contributed by atoms with Crippen molar-refractivity contribution in [2.75, 3.05) is 5.43 Å². The maximum Gasteiger partial charge on any atom is 0.161 e. The van der Waals surface area contributed by atoms with Gasteiger partial charge in [0.25, 0.3) is 0 Å². The van der Waals surface area contributed by atoms with E-state index in [1.54, 1.807) is 18.5 Å². The molecule has 0 radical (unpaired) electrons. The van der Waals surface area contributed by atoms with E-state index < -0.39 is 0 Å². The smallest absolute Gasteiger partial charge is 0.161 e. The second-order valence-corrected chi connectivity index (χ2v) is 4.12. The summed E-state index contributed by atoms with van der Waals surface area (Å²) in [6.45, 7) is 1.90. The van der Waals surface area contributed by atoms with Gasteiger partial charge in [0.15, 0.2) is 5.82 Å². The second kappa shape index (κ2) is 4.58. The van der Waals surface area contributed by atoms with Crippen LogP contribution in [0, 0.1) is 6.92 Å². The summed E-state index contributed by atoms with van der Waals surface area (Å²) in [5, 5.41) is 0. The summed E-state index contributed by atoms with van der Waals surface area (Å²) in [6.07, 6.45) is 3.33. The van der Waals surface area contributed by atoms with Crippen LogP contribution in [0.25, 0.3) is 22.4 Å². The highest BCUT2D eigenvalue weighted by atomic mass is 15.3. The molecule has 0 unspecified atom stereocenters. The number of hydrogen-bond donors (Lipinski definition) is 2. The molecule has 0 fully saturated rings. The van der Waals surface area contributed by atoms with Gasteiger partial charge in [0.1, 0.15) is 5.82 Å². The predicted octanol–water partition coefficient (Wildman–Crippen LogP) is 1.68. The highest BCUT2D eigenvalue weighted by Crippen LogP contribution is 2.20. The number of hydrogen-bond acceptors (Lipinski definition) is 6. The lowest BCUT2D eigenvalue weighted by Crippen LogP contribution is -2.09. The van der Waals surface area contributed by atoms with Crippen LogP contribution in [0.2, 0.25) is 0 Å². The minimum absolute atomic E-state index is 0.585. The number of nitrogens with zero attached hydrogens (tertiary/aromatic N) is 4. The minimum atomic E-state index is 0.585. The average molecular weight is 252 g/mol. The number of fused-ring (bicyclic) bond motifs is 1. The van der Waals surface area contributed by atoms with Crippen molar-refractivity contribution in [3.63, 3.8) is 0 Å². The Morgan fingerprint density at radius 2 is 1.79 bits per heavy atom. The maximum absolute atomic E-state index is 5.39. The molecule has 0 atom stereocenters. The number of nitrogens with two attached hydrogens (primary N) is 1. The summed E-state index contributed by atoms with van der Waals surface area (Å²) in [5.74, 6) is 6.59. The quantitative estimate of drug-likeness (QED) is 0.532. The maximum atomic E-state index is 5.39. The minimum Gasteiger partial charge on any atom is -0.308 e. The van der Waals surface area contributed by atoms with E-state index in [1.165, 1.54) is 0 Å². The predicted molar refractivity (Wildman–Crippen MR) is 73.1 cm³/mol. The number of nitrogen functional groups attached to an aromatic ring is 1. The SMILES string of the molecule is Cc1cc(NN)nc(-c2ccc3nccnc3c2)n1. The van der Waals surface area contributed by atoms with E-state index >= 15 is 0 Å². The molecule has 0 spiro atoms. The van der Waals surface area contributed by atoms with Crippen molar-refractivity contribution < 1.29 is 0 Å². The summed E-state index contributed by atoms with van der Waals surface area (Å²) in [5.41, 5.74) is 5.92. The molecular formula is C13H12N6. The second-order valence-electron chi connectivity index (χ2n) is 4.12. The standard InChI is InChI=1S/C13H12N6/c1-8-6-12(19-14)18-13(17-8)9-2-3-10-11(7-9)16-5-4-15-10/h2-7H,14H2,1H3,(H,17,18,19). The summed E-state index contributed by atoms with van der Waals surface area (Å²) in [7, 11) is 0. The van der Waals surface area contributed by atoms with Crippen molar-refractivity contribution >= 4 is 16.9 Å². The van der Waals surface area contributed by atoms with Crippen LogP contribution in [-0.2, 0) is 0 Å². The Bertz CT molecular complexity index is 740. The van der Waals surface area contributed by atoms with Crippen LogP contribution < -0.4 is 11.3 Å². The first kappa shape index (κ1) is 11.5. The van der Waals surface area contributed by atoms with E-state index in [1.807, 2.05) is 25.1 Å². The zero-order chi connectivity index (χ0) is 13.2. The molecule has 3 aromatic rings. The van der Waals surface area contributed by atoms with E-state index in [9.17, 15) is 0 Å².